The Morgan fingerprint density at radius 2 is 2.26 bits per heavy atom. The highest BCUT2D eigenvalue weighted by molar-refractivity contribution is 5.13. The van der Waals surface area contributed by atoms with Crippen LogP contribution in [0.4, 0.5) is 0 Å². The number of likely N-dealkylation sites (tertiary alicyclic amines) is 1. The number of imidazole rings is 1. The van der Waals surface area contributed by atoms with E-state index in [2.05, 4.69) is 22.6 Å². The van der Waals surface area contributed by atoms with Gasteiger partial charge in [0.25, 0.3) is 0 Å². The zero-order valence-corrected chi connectivity index (χ0v) is 11.9. The van der Waals surface area contributed by atoms with Crippen LogP contribution in [0.2, 0.25) is 0 Å². The Morgan fingerprint density at radius 1 is 1.37 bits per heavy atom. The smallest absolute Gasteiger partial charge is 0.113 e. The normalized spacial score (nSPS) is 28.3. The van der Waals surface area contributed by atoms with Crippen LogP contribution in [0.5, 0.6) is 0 Å². The number of fused-ring (bicyclic) bond motifs is 1. The van der Waals surface area contributed by atoms with Gasteiger partial charge < -0.3 is 14.6 Å². The molecule has 0 amide bonds. The lowest BCUT2D eigenvalue weighted by Gasteiger charge is -2.33. The van der Waals surface area contributed by atoms with Crippen LogP contribution in [0.25, 0.3) is 0 Å². The van der Waals surface area contributed by atoms with Crippen LogP contribution in [-0.2, 0) is 13.0 Å². The molecule has 106 valence electrons. The molecule has 3 rings (SSSR count). The number of hydrogen-bond acceptors (Lipinski definition) is 3. The number of aliphatic hydroxyl groups is 1. The highest BCUT2D eigenvalue weighted by Crippen LogP contribution is 2.30. The molecule has 0 aliphatic carbocycles. The average Bonchev–Trinajstić information content (AvgIpc) is 2.90. The third kappa shape index (κ3) is 2.56. The molecular weight excluding hydrogens is 238 g/mol. The van der Waals surface area contributed by atoms with Crippen LogP contribution in [0.1, 0.15) is 43.6 Å². The van der Waals surface area contributed by atoms with E-state index in [0.717, 1.165) is 32.5 Å². The van der Waals surface area contributed by atoms with Gasteiger partial charge in [0.15, 0.2) is 0 Å². The minimum absolute atomic E-state index is 0.308. The number of aliphatic hydroxyl groups excluding tert-OH is 1. The summed E-state index contributed by atoms with van der Waals surface area (Å²) in [6.07, 6.45) is 6.78. The van der Waals surface area contributed by atoms with E-state index in [1.807, 2.05) is 0 Å². The molecule has 1 saturated heterocycles. The zero-order valence-electron chi connectivity index (χ0n) is 11.9. The van der Waals surface area contributed by atoms with E-state index in [0.29, 0.717) is 18.4 Å². The van der Waals surface area contributed by atoms with E-state index in [9.17, 15) is 5.11 Å². The number of hydrogen-bond donors (Lipinski definition) is 1. The van der Waals surface area contributed by atoms with Gasteiger partial charge in [0, 0.05) is 43.4 Å². The summed E-state index contributed by atoms with van der Waals surface area (Å²) < 4.78 is 2.40. The maximum atomic E-state index is 9.39. The molecule has 1 N–H and O–H groups in total. The van der Waals surface area contributed by atoms with Gasteiger partial charge in [0.05, 0.1) is 0 Å². The van der Waals surface area contributed by atoms with Gasteiger partial charge in [-0.25, -0.2) is 4.98 Å². The van der Waals surface area contributed by atoms with E-state index in [-0.39, 0.29) is 0 Å². The number of nitrogens with zero attached hydrogens (tertiary/aromatic N) is 3. The van der Waals surface area contributed by atoms with Gasteiger partial charge in [0.1, 0.15) is 5.82 Å². The SMILES string of the molecule is CCN1CCCC(c2ncc3n2CC(CO)CC3)C1. The van der Waals surface area contributed by atoms with Gasteiger partial charge in [0.2, 0.25) is 0 Å². The van der Waals surface area contributed by atoms with Gasteiger partial charge >= 0.3 is 0 Å². The van der Waals surface area contributed by atoms with Crippen molar-refractivity contribution in [1.29, 1.82) is 0 Å². The molecule has 1 fully saturated rings. The summed E-state index contributed by atoms with van der Waals surface area (Å²) >= 11 is 0. The van der Waals surface area contributed by atoms with E-state index in [1.165, 1.54) is 30.9 Å². The van der Waals surface area contributed by atoms with Crippen molar-refractivity contribution < 1.29 is 5.11 Å². The summed E-state index contributed by atoms with van der Waals surface area (Å²) in [7, 11) is 0. The Bertz CT molecular complexity index is 429. The maximum absolute atomic E-state index is 9.39. The number of rotatable bonds is 3. The molecule has 1 aromatic heterocycles. The second-order valence-corrected chi connectivity index (χ2v) is 6.04. The molecule has 0 aromatic carbocycles. The van der Waals surface area contributed by atoms with Crippen molar-refractivity contribution in [1.82, 2.24) is 14.5 Å². The van der Waals surface area contributed by atoms with Crippen LogP contribution in [0.3, 0.4) is 0 Å². The van der Waals surface area contributed by atoms with Crippen LogP contribution >= 0.6 is 0 Å². The summed E-state index contributed by atoms with van der Waals surface area (Å²) in [5, 5.41) is 9.39. The molecule has 2 unspecified atom stereocenters. The van der Waals surface area contributed by atoms with Crippen molar-refractivity contribution in [2.45, 2.75) is 45.1 Å². The predicted octanol–water partition coefficient (Wildman–Crippen LogP) is 1.64. The fraction of sp³-hybridized carbons (Fsp3) is 0.800. The maximum Gasteiger partial charge on any atom is 0.113 e. The minimum atomic E-state index is 0.308. The third-order valence-corrected chi connectivity index (χ3v) is 4.79. The third-order valence-electron chi connectivity index (χ3n) is 4.79. The van der Waals surface area contributed by atoms with Crippen molar-refractivity contribution in [2.24, 2.45) is 5.92 Å². The number of aromatic nitrogens is 2. The molecule has 2 aliphatic heterocycles. The van der Waals surface area contributed by atoms with Gasteiger partial charge in [-0.3, -0.25) is 0 Å². The minimum Gasteiger partial charge on any atom is -0.396 e. The molecule has 4 heteroatoms. The molecule has 3 heterocycles. The Labute approximate surface area is 115 Å². The highest BCUT2D eigenvalue weighted by atomic mass is 16.3. The van der Waals surface area contributed by atoms with Gasteiger partial charge in [-0.15, -0.1) is 0 Å². The molecule has 1 aromatic rings. The first kappa shape index (κ1) is 13.1. The topological polar surface area (TPSA) is 41.3 Å². The molecule has 4 nitrogen and oxygen atoms in total. The predicted molar refractivity (Wildman–Crippen MR) is 75.2 cm³/mol. The Balaban J connectivity index is 1.80. The highest BCUT2D eigenvalue weighted by Gasteiger charge is 2.28. The quantitative estimate of drug-likeness (QED) is 0.901. The first-order chi connectivity index (χ1) is 9.31. The molecule has 2 aliphatic rings. The van der Waals surface area contributed by atoms with Gasteiger partial charge in [-0.05, 0) is 38.8 Å². The Hall–Kier alpha value is -0.870. The molecule has 0 radical (unpaired) electrons. The van der Waals surface area contributed by atoms with Crippen molar-refractivity contribution in [3.63, 3.8) is 0 Å². The van der Waals surface area contributed by atoms with Crippen LogP contribution in [0.15, 0.2) is 6.20 Å². The van der Waals surface area contributed by atoms with Crippen LogP contribution in [-0.4, -0.2) is 45.8 Å². The standard InChI is InChI=1S/C15H25N3O/c1-2-17-7-3-4-13(10-17)15-16-8-14-6-5-12(11-19)9-18(14)15/h8,12-13,19H,2-7,9-11H2,1H3. The largest absolute Gasteiger partial charge is 0.396 e. The van der Waals surface area contributed by atoms with Crippen molar-refractivity contribution in [2.75, 3.05) is 26.2 Å². The van der Waals surface area contributed by atoms with Crippen LogP contribution < -0.4 is 0 Å². The van der Waals surface area contributed by atoms with E-state index in [1.54, 1.807) is 0 Å². The zero-order chi connectivity index (χ0) is 13.2. The Kier molecular flexibility index (Phi) is 3.89. The second kappa shape index (κ2) is 5.63. The monoisotopic (exact) mass is 263 g/mol. The summed E-state index contributed by atoms with van der Waals surface area (Å²) in [4.78, 5) is 7.24. The number of aryl methyl sites for hydroxylation is 1. The van der Waals surface area contributed by atoms with Crippen LogP contribution in [0, 0.1) is 5.92 Å². The molecule has 19 heavy (non-hydrogen) atoms. The molecule has 0 saturated carbocycles. The summed E-state index contributed by atoms with van der Waals surface area (Å²) in [6.45, 7) is 7.04. The van der Waals surface area contributed by atoms with Gasteiger partial charge in [-0.1, -0.05) is 6.92 Å². The Morgan fingerprint density at radius 3 is 3.05 bits per heavy atom. The fourth-order valence-corrected chi connectivity index (χ4v) is 3.57. The van der Waals surface area contributed by atoms with Crippen molar-refractivity contribution in [3.05, 3.63) is 17.7 Å². The number of piperidine rings is 1. The average molecular weight is 263 g/mol. The summed E-state index contributed by atoms with van der Waals surface area (Å²) in [6, 6.07) is 0. The lowest BCUT2D eigenvalue weighted by Crippen LogP contribution is -2.36. The summed E-state index contributed by atoms with van der Waals surface area (Å²) in [5.41, 5.74) is 1.37. The second-order valence-electron chi connectivity index (χ2n) is 6.04. The first-order valence-electron chi connectivity index (χ1n) is 7.69. The lowest BCUT2D eigenvalue weighted by atomic mass is 9.95. The molecule has 0 bridgehead atoms. The van der Waals surface area contributed by atoms with E-state index >= 15 is 0 Å². The van der Waals surface area contributed by atoms with Crippen molar-refractivity contribution in [3.8, 4) is 0 Å². The summed E-state index contributed by atoms with van der Waals surface area (Å²) in [5.74, 6) is 2.28. The molecule has 2 atom stereocenters. The lowest BCUT2D eigenvalue weighted by molar-refractivity contribution is 0.182. The van der Waals surface area contributed by atoms with E-state index < -0.39 is 0 Å². The molecular formula is C15H25N3O. The fourth-order valence-electron chi connectivity index (χ4n) is 3.57. The van der Waals surface area contributed by atoms with Crippen molar-refractivity contribution >= 4 is 0 Å². The first-order valence-corrected chi connectivity index (χ1v) is 7.69. The van der Waals surface area contributed by atoms with Gasteiger partial charge in [-0.2, -0.15) is 0 Å². The molecule has 0 spiro atoms. The van der Waals surface area contributed by atoms with E-state index in [4.69, 9.17) is 4.98 Å². The number of likely N-dealkylation sites (N-methyl/N-ethyl adjacent to an activating group) is 1.